The number of hydrogen-bond donors (Lipinski definition) is 1. The molecule has 0 saturated heterocycles. The van der Waals surface area contributed by atoms with E-state index in [9.17, 15) is 0 Å². The molecule has 7 heteroatoms. The van der Waals surface area contributed by atoms with Crippen LogP contribution >= 0.6 is 11.3 Å². The highest BCUT2D eigenvalue weighted by Gasteiger charge is 2.15. The predicted molar refractivity (Wildman–Crippen MR) is 92.0 cm³/mol. The fourth-order valence-electron chi connectivity index (χ4n) is 3.07. The monoisotopic (exact) mass is 328 g/mol. The highest BCUT2D eigenvalue weighted by atomic mass is 32.1. The molecule has 0 saturated carbocycles. The van der Waals surface area contributed by atoms with E-state index in [1.165, 1.54) is 34.8 Å². The first-order valence-electron chi connectivity index (χ1n) is 8.08. The fraction of sp³-hybridized carbons (Fsp3) is 0.500. The van der Waals surface area contributed by atoms with Gasteiger partial charge in [0.1, 0.15) is 11.6 Å². The van der Waals surface area contributed by atoms with Crippen molar-refractivity contribution in [2.24, 2.45) is 7.05 Å². The van der Waals surface area contributed by atoms with Crippen molar-refractivity contribution in [3.63, 3.8) is 0 Å². The van der Waals surface area contributed by atoms with Crippen molar-refractivity contribution >= 4 is 28.2 Å². The summed E-state index contributed by atoms with van der Waals surface area (Å²) in [6.45, 7) is 2.74. The normalized spacial score (nSPS) is 14.2. The van der Waals surface area contributed by atoms with Gasteiger partial charge in [-0.25, -0.2) is 15.0 Å². The quantitative estimate of drug-likeness (QED) is 0.797. The van der Waals surface area contributed by atoms with E-state index in [2.05, 4.69) is 20.4 Å². The van der Waals surface area contributed by atoms with Gasteiger partial charge in [0, 0.05) is 24.9 Å². The molecule has 3 heterocycles. The van der Waals surface area contributed by atoms with Gasteiger partial charge < -0.3 is 5.32 Å². The minimum Gasteiger partial charge on any atom is -0.369 e. The topological polar surface area (TPSA) is 68.5 Å². The maximum atomic E-state index is 4.80. The van der Waals surface area contributed by atoms with Crippen molar-refractivity contribution < 1.29 is 0 Å². The number of aryl methyl sites for hydroxylation is 4. The zero-order chi connectivity index (χ0) is 15.8. The first-order valence-corrected chi connectivity index (χ1v) is 8.90. The Hall–Kier alpha value is -2.02. The van der Waals surface area contributed by atoms with E-state index in [0.717, 1.165) is 42.1 Å². The minimum absolute atomic E-state index is 0.758. The number of thiazole rings is 1. The first kappa shape index (κ1) is 14.6. The van der Waals surface area contributed by atoms with E-state index in [4.69, 9.17) is 4.98 Å². The van der Waals surface area contributed by atoms with E-state index >= 15 is 0 Å². The molecular formula is C16H20N6S. The number of anilines is 1. The third-order valence-electron chi connectivity index (χ3n) is 4.23. The van der Waals surface area contributed by atoms with E-state index in [1.54, 1.807) is 4.68 Å². The molecule has 23 heavy (non-hydrogen) atoms. The molecule has 1 aliphatic carbocycles. The highest BCUT2D eigenvalue weighted by Crippen LogP contribution is 2.27. The number of nitrogens with zero attached hydrogens (tertiary/aromatic N) is 5. The summed E-state index contributed by atoms with van der Waals surface area (Å²) in [6, 6.07) is 0. The Morgan fingerprint density at radius 3 is 2.96 bits per heavy atom. The third-order valence-corrected chi connectivity index (χ3v) is 5.44. The summed E-state index contributed by atoms with van der Waals surface area (Å²) in [7, 11) is 1.90. The molecule has 1 aliphatic rings. The van der Waals surface area contributed by atoms with Gasteiger partial charge in [-0.15, -0.1) is 11.3 Å². The van der Waals surface area contributed by atoms with Gasteiger partial charge in [-0.3, -0.25) is 4.68 Å². The summed E-state index contributed by atoms with van der Waals surface area (Å²) >= 11 is 1.88. The SMILES string of the molecule is Cc1nc(NCCc2nc3c(s2)CCCC3)c2cnn(C)c2n1. The lowest BCUT2D eigenvalue weighted by molar-refractivity contribution is 0.680. The van der Waals surface area contributed by atoms with Crippen LogP contribution in [-0.4, -0.2) is 31.3 Å². The second-order valence-electron chi connectivity index (χ2n) is 5.99. The van der Waals surface area contributed by atoms with Crippen LogP contribution in [0.3, 0.4) is 0 Å². The molecule has 0 bridgehead atoms. The van der Waals surface area contributed by atoms with Crippen LogP contribution in [-0.2, 0) is 26.3 Å². The van der Waals surface area contributed by atoms with Crippen molar-refractivity contribution in [1.29, 1.82) is 0 Å². The van der Waals surface area contributed by atoms with Crippen LogP contribution in [0.2, 0.25) is 0 Å². The maximum absolute atomic E-state index is 4.80. The Kier molecular flexibility index (Phi) is 3.72. The summed E-state index contributed by atoms with van der Waals surface area (Å²) < 4.78 is 1.78. The van der Waals surface area contributed by atoms with Gasteiger partial charge in [-0.2, -0.15) is 5.10 Å². The number of hydrogen-bond acceptors (Lipinski definition) is 6. The Balaban J connectivity index is 1.48. The summed E-state index contributed by atoms with van der Waals surface area (Å²) in [5.41, 5.74) is 2.20. The standard InChI is InChI=1S/C16H20N6S/c1-10-19-15(11-9-18-22(2)16(11)20-10)17-8-7-14-21-12-5-3-4-6-13(12)23-14/h9H,3-8H2,1-2H3,(H,17,19,20). The molecule has 3 aromatic heterocycles. The molecule has 0 amide bonds. The summed E-state index contributed by atoms with van der Waals surface area (Å²) in [5, 5.41) is 9.91. The average Bonchev–Trinajstić information content (AvgIpc) is 3.11. The van der Waals surface area contributed by atoms with Gasteiger partial charge in [-0.05, 0) is 32.6 Å². The van der Waals surface area contributed by atoms with Gasteiger partial charge >= 0.3 is 0 Å². The molecule has 3 aromatic rings. The zero-order valence-corrected chi connectivity index (χ0v) is 14.3. The second kappa shape index (κ2) is 5.88. The van der Waals surface area contributed by atoms with Crippen LogP contribution < -0.4 is 5.32 Å². The van der Waals surface area contributed by atoms with Gasteiger partial charge in [0.15, 0.2) is 5.65 Å². The number of rotatable bonds is 4. The molecule has 0 aliphatic heterocycles. The van der Waals surface area contributed by atoms with E-state index in [-0.39, 0.29) is 0 Å². The number of fused-ring (bicyclic) bond motifs is 2. The molecule has 0 unspecified atom stereocenters. The number of nitrogens with one attached hydrogen (secondary N) is 1. The van der Waals surface area contributed by atoms with Gasteiger partial charge in [0.05, 0.1) is 22.3 Å². The molecular weight excluding hydrogens is 308 g/mol. The van der Waals surface area contributed by atoms with E-state index in [1.807, 2.05) is 31.5 Å². The van der Waals surface area contributed by atoms with Crippen molar-refractivity contribution in [2.45, 2.75) is 39.0 Å². The van der Waals surface area contributed by atoms with Crippen LogP contribution in [0.25, 0.3) is 11.0 Å². The van der Waals surface area contributed by atoms with E-state index in [0.29, 0.717) is 0 Å². The highest BCUT2D eigenvalue weighted by molar-refractivity contribution is 7.11. The second-order valence-corrected chi connectivity index (χ2v) is 7.15. The van der Waals surface area contributed by atoms with E-state index < -0.39 is 0 Å². The molecule has 0 atom stereocenters. The van der Waals surface area contributed by atoms with Crippen LogP contribution in [0.5, 0.6) is 0 Å². The minimum atomic E-state index is 0.758. The lowest BCUT2D eigenvalue weighted by Gasteiger charge is -2.07. The van der Waals surface area contributed by atoms with Crippen molar-refractivity contribution in [1.82, 2.24) is 24.7 Å². The Bertz CT molecular complexity index is 826. The van der Waals surface area contributed by atoms with Crippen LogP contribution in [0.4, 0.5) is 5.82 Å². The van der Waals surface area contributed by atoms with Crippen LogP contribution in [0.1, 0.15) is 34.2 Å². The molecule has 6 nitrogen and oxygen atoms in total. The molecule has 1 N–H and O–H groups in total. The molecule has 0 aromatic carbocycles. The zero-order valence-electron chi connectivity index (χ0n) is 13.5. The lowest BCUT2D eigenvalue weighted by atomic mass is 10.0. The van der Waals surface area contributed by atoms with Crippen LogP contribution in [0.15, 0.2) is 6.20 Å². The molecule has 0 radical (unpaired) electrons. The Labute approximate surface area is 139 Å². The first-order chi connectivity index (χ1) is 11.2. The van der Waals surface area contributed by atoms with Crippen molar-refractivity contribution in [3.05, 3.63) is 27.6 Å². The summed E-state index contributed by atoms with van der Waals surface area (Å²) in [6.07, 6.45) is 7.71. The van der Waals surface area contributed by atoms with Crippen LogP contribution in [0, 0.1) is 6.92 Å². The van der Waals surface area contributed by atoms with Crippen molar-refractivity contribution in [2.75, 3.05) is 11.9 Å². The summed E-state index contributed by atoms with van der Waals surface area (Å²) in [4.78, 5) is 15.3. The predicted octanol–water partition coefficient (Wildman–Crippen LogP) is 2.66. The molecule has 0 spiro atoms. The third kappa shape index (κ3) is 2.81. The Morgan fingerprint density at radius 2 is 2.09 bits per heavy atom. The smallest absolute Gasteiger partial charge is 0.163 e. The lowest BCUT2D eigenvalue weighted by Crippen LogP contribution is -2.08. The Morgan fingerprint density at radius 1 is 1.22 bits per heavy atom. The molecule has 0 fully saturated rings. The van der Waals surface area contributed by atoms with Crippen molar-refractivity contribution in [3.8, 4) is 0 Å². The summed E-state index contributed by atoms with van der Waals surface area (Å²) in [5.74, 6) is 1.62. The maximum Gasteiger partial charge on any atom is 0.163 e. The fourth-order valence-corrected chi connectivity index (χ4v) is 4.22. The number of aromatic nitrogens is 5. The molecule has 4 rings (SSSR count). The average molecular weight is 328 g/mol. The van der Waals surface area contributed by atoms with Gasteiger partial charge in [0.25, 0.3) is 0 Å². The molecule has 120 valence electrons. The van der Waals surface area contributed by atoms with Gasteiger partial charge in [0.2, 0.25) is 0 Å². The van der Waals surface area contributed by atoms with Gasteiger partial charge in [-0.1, -0.05) is 0 Å². The largest absolute Gasteiger partial charge is 0.369 e.